The van der Waals surface area contributed by atoms with Gasteiger partial charge >= 0.3 is 5.97 Å². The van der Waals surface area contributed by atoms with Gasteiger partial charge in [0.2, 0.25) is 0 Å². The van der Waals surface area contributed by atoms with Crippen molar-refractivity contribution < 1.29 is 9.53 Å². The largest absolute Gasteiger partial charge is 0.456 e. The highest BCUT2D eigenvalue weighted by atomic mass is 16.6. The highest BCUT2D eigenvalue weighted by molar-refractivity contribution is 5.97. The van der Waals surface area contributed by atoms with Gasteiger partial charge in [-0.3, -0.25) is 0 Å². The molecule has 2 rings (SSSR count). The molecule has 0 bridgehead atoms. The number of carbonyl (C=O) groups is 1. The minimum Gasteiger partial charge on any atom is -0.456 e. The van der Waals surface area contributed by atoms with E-state index in [9.17, 15) is 4.79 Å². The van der Waals surface area contributed by atoms with Crippen molar-refractivity contribution in [2.45, 2.75) is 26.4 Å². The van der Waals surface area contributed by atoms with E-state index in [1.54, 1.807) is 12.1 Å². The monoisotopic (exact) mass is 253 g/mol. The lowest BCUT2D eigenvalue weighted by Gasteiger charge is -2.20. The van der Waals surface area contributed by atoms with Crippen LogP contribution in [0.5, 0.6) is 0 Å². The Morgan fingerprint density at radius 2 is 1.79 bits per heavy atom. The molecule has 0 spiro atoms. The summed E-state index contributed by atoms with van der Waals surface area (Å²) in [6.07, 6.45) is 0. The average molecular weight is 253 g/mol. The number of ether oxygens (including phenoxy) is 1. The molecule has 0 atom stereocenters. The number of esters is 1. The van der Waals surface area contributed by atoms with Gasteiger partial charge in [-0.1, -0.05) is 42.5 Å². The normalized spacial score (nSPS) is 11.1. The Labute approximate surface area is 114 Å². The van der Waals surface area contributed by atoms with Crippen LogP contribution in [0, 0.1) is 6.07 Å². The van der Waals surface area contributed by atoms with Gasteiger partial charge in [0.25, 0.3) is 0 Å². The van der Waals surface area contributed by atoms with E-state index in [-0.39, 0.29) is 5.97 Å². The summed E-state index contributed by atoms with van der Waals surface area (Å²) in [5.74, 6) is -0.316. The summed E-state index contributed by atoms with van der Waals surface area (Å²) in [5, 5.41) is 0. The van der Waals surface area contributed by atoms with Crippen molar-refractivity contribution in [2.24, 2.45) is 0 Å². The zero-order valence-corrected chi connectivity index (χ0v) is 11.4. The van der Waals surface area contributed by atoms with Gasteiger partial charge in [-0.25, -0.2) is 4.79 Å². The van der Waals surface area contributed by atoms with E-state index in [0.717, 1.165) is 11.1 Å². The van der Waals surface area contributed by atoms with E-state index in [1.165, 1.54) is 0 Å². The Morgan fingerprint density at radius 1 is 1.11 bits per heavy atom. The molecule has 2 heteroatoms. The molecule has 1 radical (unpaired) electrons. The van der Waals surface area contributed by atoms with Crippen molar-refractivity contribution in [2.75, 3.05) is 0 Å². The van der Waals surface area contributed by atoms with E-state index in [4.69, 9.17) is 4.74 Å². The number of hydrogen-bond acceptors (Lipinski definition) is 2. The number of benzene rings is 2. The van der Waals surface area contributed by atoms with Gasteiger partial charge in [0, 0.05) is 0 Å². The maximum atomic E-state index is 12.2. The van der Waals surface area contributed by atoms with Crippen LogP contribution in [0.4, 0.5) is 0 Å². The smallest absolute Gasteiger partial charge is 0.339 e. The first-order valence-electron chi connectivity index (χ1n) is 6.26. The predicted octanol–water partition coefficient (Wildman–Crippen LogP) is 4.11. The van der Waals surface area contributed by atoms with Gasteiger partial charge < -0.3 is 4.74 Å². The van der Waals surface area contributed by atoms with Crippen molar-refractivity contribution >= 4 is 5.97 Å². The zero-order valence-electron chi connectivity index (χ0n) is 11.4. The first-order chi connectivity index (χ1) is 8.97. The predicted molar refractivity (Wildman–Crippen MR) is 75.9 cm³/mol. The standard InChI is InChI=1S/C17H17O2/c1-17(2,3)19-16(18)15-12-8-7-11-14(15)13-9-5-4-6-10-13/h4-7,9-12H,1-3H3. The lowest BCUT2D eigenvalue weighted by molar-refractivity contribution is 0.00704. The topological polar surface area (TPSA) is 26.3 Å². The molecule has 0 fully saturated rings. The third-order valence-corrected chi connectivity index (χ3v) is 2.57. The maximum absolute atomic E-state index is 12.2. The Hall–Kier alpha value is -2.09. The van der Waals surface area contributed by atoms with Crippen LogP contribution in [0.25, 0.3) is 11.1 Å². The molecule has 0 aromatic heterocycles. The second-order valence-electron chi connectivity index (χ2n) is 5.34. The highest BCUT2D eigenvalue weighted by Gasteiger charge is 2.20. The number of hydrogen-bond donors (Lipinski definition) is 0. The number of rotatable bonds is 2. The van der Waals surface area contributed by atoms with E-state index in [1.807, 2.05) is 57.2 Å². The fourth-order valence-corrected chi connectivity index (χ4v) is 1.80. The van der Waals surface area contributed by atoms with Crippen LogP contribution in [0.1, 0.15) is 31.1 Å². The van der Waals surface area contributed by atoms with Crippen LogP contribution < -0.4 is 0 Å². The van der Waals surface area contributed by atoms with E-state index < -0.39 is 5.60 Å². The highest BCUT2D eigenvalue weighted by Crippen LogP contribution is 2.25. The molecule has 19 heavy (non-hydrogen) atoms. The molecule has 0 N–H and O–H groups in total. The Morgan fingerprint density at radius 3 is 2.42 bits per heavy atom. The van der Waals surface area contributed by atoms with Gasteiger partial charge in [0.15, 0.2) is 0 Å². The van der Waals surface area contributed by atoms with Crippen molar-refractivity contribution in [1.82, 2.24) is 0 Å². The molecule has 2 aromatic rings. The van der Waals surface area contributed by atoms with Gasteiger partial charge in [0.1, 0.15) is 5.60 Å². The molecule has 0 aliphatic rings. The molecular weight excluding hydrogens is 236 g/mol. The van der Waals surface area contributed by atoms with E-state index >= 15 is 0 Å². The lowest BCUT2D eigenvalue weighted by atomic mass is 10.00. The molecule has 2 nitrogen and oxygen atoms in total. The minimum absolute atomic E-state index is 0.316. The molecule has 0 saturated carbocycles. The summed E-state index contributed by atoms with van der Waals surface area (Å²) in [6.45, 7) is 5.58. The lowest BCUT2D eigenvalue weighted by Crippen LogP contribution is -2.24. The summed E-state index contributed by atoms with van der Waals surface area (Å²) in [6, 6.07) is 18.1. The van der Waals surface area contributed by atoms with E-state index in [2.05, 4.69) is 6.07 Å². The summed E-state index contributed by atoms with van der Waals surface area (Å²) < 4.78 is 5.43. The van der Waals surface area contributed by atoms with Crippen LogP contribution in [0.3, 0.4) is 0 Å². The fraction of sp³-hybridized carbons (Fsp3) is 0.235. The molecule has 97 valence electrons. The number of carbonyl (C=O) groups excluding carboxylic acids is 1. The van der Waals surface area contributed by atoms with Crippen LogP contribution in [0.2, 0.25) is 0 Å². The molecule has 0 heterocycles. The molecule has 0 unspecified atom stereocenters. The van der Waals surface area contributed by atoms with Crippen molar-refractivity contribution in [3.05, 3.63) is 60.2 Å². The molecule has 2 aromatic carbocycles. The first kappa shape index (κ1) is 13.3. The molecule has 0 amide bonds. The Balaban J connectivity index is 2.40. The fourth-order valence-electron chi connectivity index (χ4n) is 1.80. The SMILES string of the molecule is CC(C)(C)OC(=O)c1c[c]ccc1-c1ccccc1. The third kappa shape index (κ3) is 3.44. The molecule has 0 saturated heterocycles. The second-order valence-corrected chi connectivity index (χ2v) is 5.34. The second kappa shape index (κ2) is 5.27. The van der Waals surface area contributed by atoms with Crippen molar-refractivity contribution in [3.8, 4) is 11.1 Å². The van der Waals surface area contributed by atoms with Crippen molar-refractivity contribution in [3.63, 3.8) is 0 Å². The summed E-state index contributed by atoms with van der Waals surface area (Å²) in [5.41, 5.74) is 1.91. The van der Waals surface area contributed by atoms with Gasteiger partial charge in [0.05, 0.1) is 5.56 Å². The first-order valence-corrected chi connectivity index (χ1v) is 6.26. The minimum atomic E-state index is -0.499. The van der Waals surface area contributed by atoms with Crippen LogP contribution in [-0.2, 0) is 4.74 Å². The van der Waals surface area contributed by atoms with E-state index in [0.29, 0.717) is 5.56 Å². The molecule has 0 aliphatic carbocycles. The van der Waals surface area contributed by atoms with Crippen LogP contribution in [-0.4, -0.2) is 11.6 Å². The average Bonchev–Trinajstić information content (AvgIpc) is 2.38. The molecule has 0 aliphatic heterocycles. The van der Waals surface area contributed by atoms with Gasteiger partial charge in [-0.05, 0) is 44.0 Å². The summed E-state index contributed by atoms with van der Waals surface area (Å²) >= 11 is 0. The van der Waals surface area contributed by atoms with Gasteiger partial charge in [-0.2, -0.15) is 0 Å². The summed E-state index contributed by atoms with van der Waals surface area (Å²) in [4.78, 5) is 12.2. The maximum Gasteiger partial charge on any atom is 0.339 e. The Bertz CT molecular complexity index is 565. The zero-order chi connectivity index (χ0) is 13.9. The van der Waals surface area contributed by atoms with Gasteiger partial charge in [-0.15, -0.1) is 0 Å². The Kier molecular flexibility index (Phi) is 3.70. The summed E-state index contributed by atoms with van der Waals surface area (Å²) in [7, 11) is 0. The van der Waals surface area contributed by atoms with Crippen LogP contribution in [0.15, 0.2) is 48.5 Å². The van der Waals surface area contributed by atoms with Crippen LogP contribution >= 0.6 is 0 Å². The quantitative estimate of drug-likeness (QED) is 0.753. The van der Waals surface area contributed by atoms with Crippen molar-refractivity contribution in [1.29, 1.82) is 0 Å². The third-order valence-electron chi connectivity index (χ3n) is 2.57. The molecular formula is C17H17O2.